The van der Waals surface area contributed by atoms with E-state index in [4.69, 9.17) is 24.6 Å². The molecule has 0 atom stereocenters. The summed E-state index contributed by atoms with van der Waals surface area (Å²) < 4.78 is 42.2. The molecule has 2 N–H and O–H groups in total. The highest BCUT2D eigenvalue weighted by Crippen LogP contribution is 2.43. The monoisotopic (exact) mass is 930 g/mol. The van der Waals surface area contributed by atoms with E-state index in [9.17, 15) is 18.4 Å². The minimum absolute atomic E-state index is 0. The van der Waals surface area contributed by atoms with Crippen molar-refractivity contribution < 1.29 is 37.9 Å². The topological polar surface area (TPSA) is 135 Å². The van der Waals surface area contributed by atoms with Gasteiger partial charge in [0, 0.05) is 30.1 Å². The fourth-order valence-electron chi connectivity index (χ4n) is 6.77. The molecule has 2 aliphatic heterocycles. The van der Waals surface area contributed by atoms with E-state index in [1.165, 1.54) is 53.9 Å². The van der Waals surface area contributed by atoms with Crippen LogP contribution in [0.3, 0.4) is 0 Å². The van der Waals surface area contributed by atoms with E-state index in [-0.39, 0.29) is 37.1 Å². The number of carbonyl (C=O) groups excluding carboxylic acids is 2. The van der Waals surface area contributed by atoms with E-state index >= 15 is 0 Å². The molecule has 2 saturated carbocycles. The molecule has 0 bridgehead atoms. The molecule has 0 unspecified atom stereocenters. The Morgan fingerprint density at radius 1 is 0.729 bits per heavy atom. The van der Waals surface area contributed by atoms with E-state index in [0.29, 0.717) is 45.2 Å². The lowest BCUT2D eigenvalue weighted by Crippen LogP contribution is -2.40. The van der Waals surface area contributed by atoms with Crippen molar-refractivity contribution in [3.63, 3.8) is 0 Å². The quantitative estimate of drug-likeness (QED) is 0.145. The minimum Gasteiger partial charge on any atom is -0.444 e. The fourth-order valence-corrected chi connectivity index (χ4v) is 7.62. The molecule has 2 fully saturated rings. The van der Waals surface area contributed by atoms with Crippen molar-refractivity contribution in [3.8, 4) is 0 Å². The maximum absolute atomic E-state index is 13.2. The molecule has 4 heterocycles. The third-order valence-electron chi connectivity index (χ3n) is 10.1. The number of amides is 2. The van der Waals surface area contributed by atoms with Crippen molar-refractivity contribution in [2.45, 2.75) is 137 Å². The Hall–Kier alpha value is -4.03. The van der Waals surface area contributed by atoms with E-state index < -0.39 is 18.3 Å². The summed E-state index contributed by atoms with van der Waals surface area (Å²) in [7, 11) is -1.04. The molecule has 2 aliphatic carbocycles. The van der Waals surface area contributed by atoms with E-state index in [2.05, 4.69) is 27.7 Å². The predicted molar refractivity (Wildman–Crippen MR) is 231 cm³/mol. The van der Waals surface area contributed by atoms with Gasteiger partial charge in [-0.2, -0.15) is 10.2 Å². The largest absolute Gasteiger partial charge is 0.454 e. The summed E-state index contributed by atoms with van der Waals surface area (Å²) in [5.74, 6) is 0.277. The van der Waals surface area contributed by atoms with Crippen LogP contribution < -0.4 is 0 Å². The maximum atomic E-state index is 13.2. The van der Waals surface area contributed by atoms with Gasteiger partial charge >= 0.3 is 19.3 Å². The van der Waals surface area contributed by atoms with E-state index in [1.807, 2.05) is 50.9 Å². The normalized spacial score (nSPS) is 16.0. The number of hydrogen-bond donors (Lipinski definition) is 2. The van der Waals surface area contributed by atoms with Gasteiger partial charge in [0.05, 0.1) is 43.3 Å². The van der Waals surface area contributed by atoms with Crippen LogP contribution in [0.1, 0.15) is 120 Å². The minimum atomic E-state index is -1.04. The highest BCUT2D eigenvalue weighted by Gasteiger charge is 2.36. The van der Waals surface area contributed by atoms with Crippen LogP contribution in [0.4, 0.5) is 18.4 Å². The van der Waals surface area contributed by atoms with Gasteiger partial charge in [-0.25, -0.2) is 18.4 Å². The van der Waals surface area contributed by atoms with Gasteiger partial charge in [0.25, 0.3) is 0 Å². The molecule has 16 heteroatoms. The average molecular weight is 931 g/mol. The Labute approximate surface area is 360 Å². The van der Waals surface area contributed by atoms with Crippen molar-refractivity contribution in [1.29, 1.82) is 0 Å². The molecule has 320 valence electrons. The second-order valence-corrected chi connectivity index (χ2v) is 18.4. The molecule has 0 saturated heterocycles. The third kappa shape index (κ3) is 13.0. The van der Waals surface area contributed by atoms with E-state index in [1.54, 1.807) is 34.1 Å². The fraction of sp³-hybridized carbons (Fsp3) is 0.535. The SMILES string of the molecule is C.CC(C)(C)OC(=O)N1CCc2c(C3CC3)nn(Cc3ccc(F)cc3)c2C1.CC(C)(C)OC(=O)N1CCc2c(I)nn(Cc3ccc(F)cc3)c2C1.OB(O)C1CC1. The predicted octanol–water partition coefficient (Wildman–Crippen LogP) is 8.47. The van der Waals surface area contributed by atoms with Gasteiger partial charge in [0.1, 0.15) is 26.5 Å². The molecule has 2 amide bonds. The molecule has 0 radical (unpaired) electrons. The zero-order valence-corrected chi connectivity index (χ0v) is 36.3. The van der Waals surface area contributed by atoms with Crippen LogP contribution in [0.5, 0.6) is 0 Å². The molecule has 59 heavy (non-hydrogen) atoms. The Kier molecular flexibility index (Phi) is 14.9. The Balaban J connectivity index is 0.000000194. The van der Waals surface area contributed by atoms with Crippen molar-refractivity contribution in [3.05, 3.63) is 103 Å². The summed E-state index contributed by atoms with van der Waals surface area (Å²) >= 11 is 2.23. The number of benzene rings is 2. The highest BCUT2D eigenvalue weighted by atomic mass is 127. The number of aromatic nitrogens is 4. The van der Waals surface area contributed by atoms with Gasteiger partial charge in [-0.1, -0.05) is 44.5 Å². The number of fused-ring (bicyclic) bond motifs is 2. The Morgan fingerprint density at radius 2 is 1.15 bits per heavy atom. The lowest BCUT2D eigenvalue weighted by molar-refractivity contribution is 0.0208. The van der Waals surface area contributed by atoms with Crippen LogP contribution in [-0.2, 0) is 48.5 Å². The first-order chi connectivity index (χ1) is 27.3. The van der Waals surface area contributed by atoms with Gasteiger partial charge < -0.3 is 29.3 Å². The standard InChI is InChI=1S/C21H26FN3O2.C18H21FIN3O2.C3H7BO2.CH4/c1-21(2,3)27-20(26)24-11-10-17-18(13-24)25(23-19(17)15-6-7-15)12-14-4-8-16(22)9-5-14;1-18(2,3)25-17(24)22-9-8-14-15(11-22)23(21-16(14)20)10-12-4-6-13(19)7-5-12;5-4(6)3-1-2-3;/h4-5,8-9,15H,6-7,10-13H2,1-3H3;4-7H,8-11H2,1-3H3;3,5-6H,1-2H2;1H4. The molecule has 0 spiro atoms. The third-order valence-corrected chi connectivity index (χ3v) is 10.9. The van der Waals surface area contributed by atoms with Crippen LogP contribution in [0, 0.1) is 15.3 Å². The summed E-state index contributed by atoms with van der Waals surface area (Å²) in [4.78, 5) is 28.4. The molecule has 2 aromatic carbocycles. The number of hydrogen-bond acceptors (Lipinski definition) is 8. The summed E-state index contributed by atoms with van der Waals surface area (Å²) in [6.07, 6.45) is 5.36. The van der Waals surface area contributed by atoms with Gasteiger partial charge in [-0.05, 0) is 131 Å². The molecular weight excluding hydrogens is 872 g/mol. The molecule has 8 rings (SSSR count). The van der Waals surface area contributed by atoms with Crippen molar-refractivity contribution in [2.24, 2.45) is 0 Å². The summed E-state index contributed by atoms with van der Waals surface area (Å²) in [5, 5.41) is 26.0. The van der Waals surface area contributed by atoms with Crippen LogP contribution >= 0.6 is 22.6 Å². The first-order valence-corrected chi connectivity index (χ1v) is 21.0. The first kappa shape index (κ1) is 46.0. The zero-order valence-electron chi connectivity index (χ0n) is 34.2. The molecule has 2 aromatic heterocycles. The Bertz CT molecular complexity index is 2050. The van der Waals surface area contributed by atoms with Crippen molar-refractivity contribution in [2.75, 3.05) is 13.1 Å². The molecule has 12 nitrogen and oxygen atoms in total. The van der Waals surface area contributed by atoms with E-state index in [0.717, 1.165) is 51.9 Å². The van der Waals surface area contributed by atoms with Crippen LogP contribution in [-0.4, -0.2) is 83.0 Å². The molecular formula is C43H58BF2IN6O6. The molecule has 4 aliphatic rings. The Morgan fingerprint density at radius 3 is 1.54 bits per heavy atom. The van der Waals surface area contributed by atoms with Gasteiger partial charge in [0.2, 0.25) is 0 Å². The average Bonchev–Trinajstić information content (AvgIpc) is 4.10. The van der Waals surface area contributed by atoms with Crippen LogP contribution in [0.2, 0.25) is 5.82 Å². The van der Waals surface area contributed by atoms with Gasteiger partial charge in [-0.3, -0.25) is 9.36 Å². The smallest absolute Gasteiger partial charge is 0.444 e. The highest BCUT2D eigenvalue weighted by molar-refractivity contribution is 14.1. The lowest BCUT2D eigenvalue weighted by Gasteiger charge is -2.30. The second-order valence-electron chi connectivity index (χ2n) is 17.4. The number of carbonyl (C=O) groups is 2. The maximum Gasteiger partial charge on any atom is 0.454 e. The number of nitrogens with zero attached hydrogens (tertiary/aromatic N) is 6. The van der Waals surface area contributed by atoms with Crippen molar-refractivity contribution in [1.82, 2.24) is 29.4 Å². The number of rotatable bonds is 6. The summed E-state index contributed by atoms with van der Waals surface area (Å²) in [6.45, 7) is 14.6. The van der Waals surface area contributed by atoms with Gasteiger partial charge in [0.15, 0.2) is 0 Å². The first-order valence-electron chi connectivity index (χ1n) is 20.0. The molecule has 4 aromatic rings. The second kappa shape index (κ2) is 19.1. The zero-order chi connectivity index (χ0) is 41.9. The van der Waals surface area contributed by atoms with Crippen molar-refractivity contribution >= 4 is 41.9 Å². The van der Waals surface area contributed by atoms with Crippen LogP contribution in [0.15, 0.2) is 48.5 Å². The summed E-state index contributed by atoms with van der Waals surface area (Å²) in [6, 6.07) is 12.9. The number of halogens is 3. The van der Waals surface area contributed by atoms with Crippen LogP contribution in [0.25, 0.3) is 0 Å². The van der Waals surface area contributed by atoms with Gasteiger partial charge in [-0.15, -0.1) is 0 Å². The summed E-state index contributed by atoms with van der Waals surface area (Å²) in [5.41, 5.74) is 6.71. The lowest BCUT2D eigenvalue weighted by atomic mass is 9.84. The number of ether oxygens (including phenoxy) is 2.